The molecule has 0 amide bonds. The van der Waals surface area contributed by atoms with Gasteiger partial charge in [-0.15, -0.1) is 0 Å². The molecule has 2 aromatic heterocycles. The summed E-state index contributed by atoms with van der Waals surface area (Å²) in [4.78, 5) is 32.8. The molecule has 0 bridgehead atoms. The van der Waals surface area contributed by atoms with Crippen molar-refractivity contribution in [2.24, 2.45) is 0 Å². The van der Waals surface area contributed by atoms with Crippen molar-refractivity contribution < 1.29 is 14.3 Å². The van der Waals surface area contributed by atoms with E-state index in [1.807, 2.05) is 52.0 Å². The van der Waals surface area contributed by atoms with Crippen LogP contribution < -0.4 is 15.0 Å². The quantitative estimate of drug-likeness (QED) is 0.391. The maximum atomic E-state index is 13.3. The Hall–Kier alpha value is -3.67. The van der Waals surface area contributed by atoms with Gasteiger partial charge >= 0.3 is 0 Å². The highest BCUT2D eigenvalue weighted by molar-refractivity contribution is 5.98. The molecule has 1 aliphatic rings. The number of ketones is 1. The molecule has 0 fully saturated rings. The summed E-state index contributed by atoms with van der Waals surface area (Å²) in [5.41, 5.74) is 5.83. The number of carbonyl (C=O) groups is 1. The van der Waals surface area contributed by atoms with Crippen molar-refractivity contribution in [2.75, 3.05) is 7.11 Å². The fourth-order valence-corrected chi connectivity index (χ4v) is 4.41. The average molecular weight is 459 g/mol. The Labute approximate surface area is 199 Å². The number of fused-ring (bicyclic) bond motifs is 1. The van der Waals surface area contributed by atoms with Crippen LogP contribution in [0.5, 0.6) is 11.6 Å². The topological polar surface area (TPSA) is 81.3 Å². The number of hydrogen-bond donors (Lipinski definition) is 1. The average Bonchev–Trinajstić information content (AvgIpc) is 3.15. The molecule has 6 heteroatoms. The van der Waals surface area contributed by atoms with Gasteiger partial charge in [0.15, 0.2) is 5.78 Å². The number of aromatic amines is 1. The smallest absolute Gasteiger partial charge is 0.251 e. The summed E-state index contributed by atoms with van der Waals surface area (Å²) in [6, 6.07) is 9.40. The molecule has 0 spiro atoms. The van der Waals surface area contributed by atoms with E-state index < -0.39 is 5.60 Å². The number of aromatic nitrogens is 2. The second-order valence-corrected chi connectivity index (χ2v) is 9.26. The van der Waals surface area contributed by atoms with Crippen molar-refractivity contribution in [3.63, 3.8) is 0 Å². The van der Waals surface area contributed by atoms with Crippen LogP contribution in [0.3, 0.4) is 0 Å². The predicted molar refractivity (Wildman–Crippen MR) is 133 cm³/mol. The zero-order chi connectivity index (χ0) is 24.6. The van der Waals surface area contributed by atoms with Gasteiger partial charge in [0, 0.05) is 53.1 Å². The number of Topliss-reactive ketones (excluding diaryl/α,β-unsaturated/α-hetero) is 1. The van der Waals surface area contributed by atoms with Crippen molar-refractivity contribution in [1.29, 1.82) is 0 Å². The molecule has 3 heterocycles. The molecule has 1 atom stereocenters. The highest BCUT2D eigenvalue weighted by Crippen LogP contribution is 2.45. The Morgan fingerprint density at radius 1 is 1.26 bits per heavy atom. The number of rotatable bonds is 7. The Balaban J connectivity index is 1.70. The Morgan fingerprint density at radius 2 is 2.03 bits per heavy atom. The van der Waals surface area contributed by atoms with Crippen molar-refractivity contribution >= 4 is 5.78 Å². The lowest BCUT2D eigenvalue weighted by molar-refractivity contribution is 0.0982. The third kappa shape index (κ3) is 4.40. The number of carbonyl (C=O) groups excluding carboxylic acids is 1. The summed E-state index contributed by atoms with van der Waals surface area (Å²) in [6.07, 6.45) is 2.98. The van der Waals surface area contributed by atoms with Crippen molar-refractivity contribution in [3.8, 4) is 22.8 Å². The van der Waals surface area contributed by atoms with Crippen molar-refractivity contribution in [3.05, 3.63) is 87.0 Å². The molecule has 0 radical (unpaired) electrons. The van der Waals surface area contributed by atoms with Crippen LogP contribution in [0.1, 0.15) is 53.0 Å². The summed E-state index contributed by atoms with van der Waals surface area (Å²) in [6.45, 7) is 11.8. The summed E-state index contributed by atoms with van der Waals surface area (Å²) in [5.74, 6) is 1.24. The standard InChI is InChI=1S/C28H30N2O4/c1-16(2)28(5)14-21-12-20(24(31)9-8-22-17(3)11-18(4)30-27(22)32)13-23(26(21)34-28)19-7-10-25(33-6)29-15-19/h7,10-13,15H,1,8-9,14H2,2-6H3,(H,30,32). The molecule has 0 saturated carbocycles. The maximum absolute atomic E-state index is 13.3. The number of ether oxygens (including phenoxy) is 2. The molecule has 4 rings (SSSR count). The third-order valence-electron chi connectivity index (χ3n) is 6.60. The molecule has 1 N–H and O–H groups in total. The second-order valence-electron chi connectivity index (χ2n) is 9.26. The number of pyridine rings is 2. The second kappa shape index (κ2) is 8.93. The van der Waals surface area contributed by atoms with E-state index in [2.05, 4.69) is 16.5 Å². The van der Waals surface area contributed by atoms with Gasteiger partial charge in [-0.25, -0.2) is 4.98 Å². The van der Waals surface area contributed by atoms with Crippen LogP contribution in [-0.4, -0.2) is 28.5 Å². The minimum Gasteiger partial charge on any atom is -0.482 e. The van der Waals surface area contributed by atoms with E-state index in [4.69, 9.17) is 9.47 Å². The van der Waals surface area contributed by atoms with Gasteiger partial charge in [-0.2, -0.15) is 0 Å². The van der Waals surface area contributed by atoms with Gasteiger partial charge in [-0.1, -0.05) is 6.58 Å². The number of nitrogens with zero attached hydrogens (tertiary/aromatic N) is 1. The van der Waals surface area contributed by atoms with Gasteiger partial charge in [0.05, 0.1) is 7.11 Å². The molecule has 1 unspecified atom stereocenters. The summed E-state index contributed by atoms with van der Waals surface area (Å²) >= 11 is 0. The van der Waals surface area contributed by atoms with E-state index >= 15 is 0 Å². The Morgan fingerprint density at radius 3 is 2.65 bits per heavy atom. The molecular weight excluding hydrogens is 428 g/mol. The number of nitrogens with one attached hydrogen (secondary N) is 1. The minimum atomic E-state index is -0.537. The van der Waals surface area contributed by atoms with Crippen LogP contribution in [0.15, 0.2) is 53.5 Å². The van der Waals surface area contributed by atoms with Gasteiger partial charge in [0.1, 0.15) is 11.4 Å². The molecular formula is C28H30N2O4. The zero-order valence-corrected chi connectivity index (χ0v) is 20.4. The lowest BCUT2D eigenvalue weighted by Crippen LogP contribution is -2.31. The van der Waals surface area contributed by atoms with Gasteiger partial charge in [-0.3, -0.25) is 9.59 Å². The van der Waals surface area contributed by atoms with Crippen LogP contribution >= 0.6 is 0 Å². The number of H-pyrrole nitrogens is 1. The van der Waals surface area contributed by atoms with E-state index in [1.165, 1.54) is 0 Å². The van der Waals surface area contributed by atoms with Gasteiger partial charge < -0.3 is 14.5 Å². The van der Waals surface area contributed by atoms with Crippen LogP contribution in [0.2, 0.25) is 0 Å². The molecule has 34 heavy (non-hydrogen) atoms. The molecule has 0 saturated heterocycles. The Kier molecular flexibility index (Phi) is 6.17. The first kappa shape index (κ1) is 23.5. The normalized spacial score (nSPS) is 16.6. The first-order valence-electron chi connectivity index (χ1n) is 11.4. The van der Waals surface area contributed by atoms with E-state index in [1.54, 1.807) is 19.4 Å². The highest BCUT2D eigenvalue weighted by atomic mass is 16.5. The fourth-order valence-electron chi connectivity index (χ4n) is 4.41. The lowest BCUT2D eigenvalue weighted by atomic mass is 9.90. The fraction of sp³-hybridized carbons (Fsp3) is 0.321. The van der Waals surface area contributed by atoms with E-state index in [0.29, 0.717) is 29.8 Å². The van der Waals surface area contributed by atoms with Crippen molar-refractivity contribution in [1.82, 2.24) is 9.97 Å². The lowest BCUT2D eigenvalue weighted by Gasteiger charge is -2.24. The number of hydrogen-bond acceptors (Lipinski definition) is 5. The van der Waals surface area contributed by atoms with Gasteiger partial charge in [0.25, 0.3) is 5.56 Å². The number of aryl methyl sites for hydroxylation is 2. The van der Waals surface area contributed by atoms with Crippen LogP contribution in [-0.2, 0) is 12.8 Å². The molecule has 0 aliphatic carbocycles. The first-order chi connectivity index (χ1) is 16.1. The van der Waals surface area contributed by atoms with Gasteiger partial charge in [-0.05, 0) is 75.1 Å². The summed E-state index contributed by atoms with van der Waals surface area (Å²) < 4.78 is 11.6. The van der Waals surface area contributed by atoms with E-state index in [0.717, 1.165) is 39.3 Å². The van der Waals surface area contributed by atoms with E-state index in [9.17, 15) is 9.59 Å². The molecule has 176 valence electrons. The van der Waals surface area contributed by atoms with E-state index in [-0.39, 0.29) is 17.8 Å². The van der Waals surface area contributed by atoms with Crippen LogP contribution in [0.25, 0.3) is 11.1 Å². The Bertz CT molecular complexity index is 1340. The zero-order valence-electron chi connectivity index (χ0n) is 20.4. The van der Waals surface area contributed by atoms with Crippen molar-refractivity contribution in [2.45, 2.75) is 52.6 Å². The molecule has 3 aromatic rings. The maximum Gasteiger partial charge on any atom is 0.251 e. The molecule has 1 aliphatic heterocycles. The first-order valence-corrected chi connectivity index (χ1v) is 11.4. The summed E-state index contributed by atoms with van der Waals surface area (Å²) in [5, 5.41) is 0. The number of methoxy groups -OCH3 is 1. The van der Waals surface area contributed by atoms with Crippen LogP contribution in [0, 0.1) is 13.8 Å². The molecule has 6 nitrogen and oxygen atoms in total. The largest absolute Gasteiger partial charge is 0.482 e. The summed E-state index contributed by atoms with van der Waals surface area (Å²) in [7, 11) is 1.57. The number of benzene rings is 1. The minimum absolute atomic E-state index is 0.0196. The monoisotopic (exact) mass is 458 g/mol. The third-order valence-corrected chi connectivity index (χ3v) is 6.60. The SMILES string of the molecule is C=C(C)C1(C)Cc2cc(C(=O)CCc3c(C)cc(C)[nH]c3=O)cc(-c3ccc(OC)nc3)c2O1. The highest BCUT2D eigenvalue weighted by Gasteiger charge is 2.38. The molecule has 1 aromatic carbocycles. The van der Waals surface area contributed by atoms with Gasteiger partial charge in [0.2, 0.25) is 5.88 Å². The van der Waals surface area contributed by atoms with Crippen LogP contribution in [0.4, 0.5) is 0 Å². The predicted octanol–water partition coefficient (Wildman–Crippen LogP) is 5.15.